The predicted molar refractivity (Wildman–Crippen MR) is 141 cm³/mol. The van der Waals surface area contributed by atoms with Gasteiger partial charge in [0, 0.05) is 44.0 Å². The smallest absolute Gasteiger partial charge is 0.324 e. The summed E-state index contributed by atoms with van der Waals surface area (Å²) in [5.74, 6) is 1.99. The maximum atomic E-state index is 12.9. The number of aliphatic imine (C=N–C) groups is 1. The fourth-order valence-corrected chi connectivity index (χ4v) is 4.14. The van der Waals surface area contributed by atoms with Gasteiger partial charge < -0.3 is 20.3 Å². The Kier molecular flexibility index (Phi) is 8.22. The van der Waals surface area contributed by atoms with Crippen molar-refractivity contribution >= 4 is 17.7 Å². The zero-order chi connectivity index (χ0) is 24.5. The van der Waals surface area contributed by atoms with Crippen LogP contribution in [0.3, 0.4) is 0 Å². The molecule has 1 heterocycles. The van der Waals surface area contributed by atoms with Gasteiger partial charge in [-0.25, -0.2) is 4.79 Å². The average Bonchev–Trinajstić information content (AvgIpc) is 2.89. The maximum absolute atomic E-state index is 12.9. The van der Waals surface area contributed by atoms with E-state index in [9.17, 15) is 4.79 Å². The lowest BCUT2D eigenvalue weighted by molar-refractivity contribution is 0.188. The zero-order valence-corrected chi connectivity index (χ0v) is 20.3. The summed E-state index contributed by atoms with van der Waals surface area (Å²) in [5, 5.41) is 9.74. The van der Waals surface area contributed by atoms with Gasteiger partial charge >= 0.3 is 6.03 Å². The maximum Gasteiger partial charge on any atom is 0.324 e. The van der Waals surface area contributed by atoms with E-state index in [0.717, 1.165) is 41.2 Å². The van der Waals surface area contributed by atoms with E-state index in [1.165, 1.54) is 0 Å². The van der Waals surface area contributed by atoms with Crippen LogP contribution < -0.4 is 20.7 Å². The number of nitrogens with zero attached hydrogens (tertiary/aromatic N) is 2. The van der Waals surface area contributed by atoms with Crippen LogP contribution >= 0.6 is 0 Å². The quantitative estimate of drug-likeness (QED) is 0.343. The zero-order valence-electron chi connectivity index (χ0n) is 20.3. The van der Waals surface area contributed by atoms with Crippen molar-refractivity contribution in [2.24, 2.45) is 4.99 Å². The predicted octanol–water partition coefficient (Wildman–Crippen LogP) is 5.15. The number of piperidine rings is 1. The van der Waals surface area contributed by atoms with Gasteiger partial charge in [-0.2, -0.15) is 0 Å². The molecule has 0 radical (unpaired) electrons. The second kappa shape index (κ2) is 11.9. The molecule has 1 fully saturated rings. The Hall–Kier alpha value is -4.00. The number of carbonyl (C=O) groups excluding carboxylic acids is 1. The number of likely N-dealkylation sites (tertiary alicyclic amines) is 1. The lowest BCUT2D eigenvalue weighted by Gasteiger charge is -2.33. The van der Waals surface area contributed by atoms with Crippen LogP contribution in [0.1, 0.15) is 24.0 Å². The fraction of sp³-hybridized carbons (Fsp3) is 0.286. The molecule has 7 nitrogen and oxygen atoms in total. The molecule has 0 spiro atoms. The van der Waals surface area contributed by atoms with Crippen LogP contribution in [-0.2, 0) is 6.54 Å². The van der Waals surface area contributed by atoms with Gasteiger partial charge in [-0.1, -0.05) is 48.5 Å². The Morgan fingerprint density at radius 3 is 2.34 bits per heavy atom. The van der Waals surface area contributed by atoms with E-state index >= 15 is 0 Å². The number of hydrogen-bond acceptors (Lipinski definition) is 4. The molecule has 1 aliphatic rings. The third-order valence-corrected chi connectivity index (χ3v) is 6.15. The molecule has 1 aliphatic heterocycles. The molecule has 3 aromatic carbocycles. The van der Waals surface area contributed by atoms with Crippen LogP contribution in [0.5, 0.6) is 11.5 Å². The van der Waals surface area contributed by atoms with Crippen molar-refractivity contribution in [3.05, 3.63) is 90.0 Å². The first-order valence-corrected chi connectivity index (χ1v) is 12.0. The van der Waals surface area contributed by atoms with Gasteiger partial charge in [0.25, 0.3) is 0 Å². The molecular weight excluding hydrogens is 438 g/mol. The Morgan fingerprint density at radius 1 is 0.971 bits per heavy atom. The number of carbonyl (C=O) groups is 1. The summed E-state index contributed by atoms with van der Waals surface area (Å²) in [4.78, 5) is 19.0. The SMILES string of the molecule is CN=C(NCc1c(C)cccc1Oc1ccccc1)NC(=O)N1CCC(Nc2ccccc2)CC1. The highest BCUT2D eigenvalue weighted by Gasteiger charge is 2.23. The number of aryl methyl sites for hydroxylation is 1. The molecule has 0 aliphatic carbocycles. The first kappa shape index (κ1) is 24.1. The third kappa shape index (κ3) is 6.76. The van der Waals surface area contributed by atoms with Gasteiger partial charge in [-0.05, 0) is 55.7 Å². The van der Waals surface area contributed by atoms with E-state index in [1.54, 1.807) is 7.05 Å². The second-order valence-electron chi connectivity index (χ2n) is 8.59. The lowest BCUT2D eigenvalue weighted by Crippen LogP contribution is -2.51. The Balaban J connectivity index is 1.29. The molecule has 35 heavy (non-hydrogen) atoms. The minimum atomic E-state index is -0.137. The largest absolute Gasteiger partial charge is 0.457 e. The van der Waals surface area contributed by atoms with E-state index < -0.39 is 0 Å². The topological polar surface area (TPSA) is 78.0 Å². The summed E-state index contributed by atoms with van der Waals surface area (Å²) in [7, 11) is 1.66. The minimum Gasteiger partial charge on any atom is -0.457 e. The van der Waals surface area contributed by atoms with Crippen molar-refractivity contribution in [3.8, 4) is 11.5 Å². The van der Waals surface area contributed by atoms with Gasteiger partial charge in [0.15, 0.2) is 5.96 Å². The summed E-state index contributed by atoms with van der Waals surface area (Å²) in [6, 6.07) is 26.1. The van der Waals surface area contributed by atoms with Crippen LogP contribution in [0.25, 0.3) is 0 Å². The lowest BCUT2D eigenvalue weighted by atomic mass is 10.0. The van der Waals surface area contributed by atoms with E-state index in [1.807, 2.05) is 78.6 Å². The molecular formula is C28H33N5O2. The molecule has 3 N–H and O–H groups in total. The molecule has 0 bridgehead atoms. The first-order valence-electron chi connectivity index (χ1n) is 12.0. The molecule has 3 aromatic rings. The normalized spacial score (nSPS) is 14.3. The summed E-state index contributed by atoms with van der Waals surface area (Å²) in [6.45, 7) is 3.91. The molecule has 4 rings (SSSR count). The second-order valence-corrected chi connectivity index (χ2v) is 8.59. The van der Waals surface area contributed by atoms with E-state index in [0.29, 0.717) is 31.6 Å². The number of guanidine groups is 1. The van der Waals surface area contributed by atoms with Crippen LogP contribution in [0.4, 0.5) is 10.5 Å². The molecule has 0 atom stereocenters. The highest BCUT2D eigenvalue weighted by atomic mass is 16.5. The Morgan fingerprint density at radius 2 is 1.66 bits per heavy atom. The number of benzene rings is 3. The third-order valence-electron chi connectivity index (χ3n) is 6.15. The molecule has 0 unspecified atom stereocenters. The van der Waals surface area contributed by atoms with Gasteiger partial charge in [0.2, 0.25) is 0 Å². The molecule has 0 saturated carbocycles. The highest BCUT2D eigenvalue weighted by Crippen LogP contribution is 2.27. The minimum absolute atomic E-state index is 0.137. The van der Waals surface area contributed by atoms with Gasteiger partial charge in [0.05, 0.1) is 0 Å². The van der Waals surface area contributed by atoms with Gasteiger partial charge in [-0.3, -0.25) is 10.3 Å². The number of rotatable bonds is 6. The average molecular weight is 472 g/mol. The number of hydrogen-bond donors (Lipinski definition) is 3. The van der Waals surface area contributed by atoms with Crippen molar-refractivity contribution < 1.29 is 9.53 Å². The van der Waals surface area contributed by atoms with Crippen molar-refractivity contribution in [2.45, 2.75) is 32.4 Å². The molecule has 182 valence electrons. The van der Waals surface area contributed by atoms with E-state index in [-0.39, 0.29) is 6.03 Å². The van der Waals surface area contributed by atoms with Crippen molar-refractivity contribution in [2.75, 3.05) is 25.5 Å². The number of urea groups is 1. The van der Waals surface area contributed by atoms with Crippen LogP contribution in [0.2, 0.25) is 0 Å². The van der Waals surface area contributed by atoms with Crippen LogP contribution in [0.15, 0.2) is 83.9 Å². The number of anilines is 1. The fourth-order valence-electron chi connectivity index (χ4n) is 4.14. The Bertz CT molecular complexity index is 1130. The van der Waals surface area contributed by atoms with Gasteiger partial charge in [-0.15, -0.1) is 0 Å². The highest BCUT2D eigenvalue weighted by molar-refractivity contribution is 5.96. The van der Waals surface area contributed by atoms with Crippen LogP contribution in [0, 0.1) is 6.92 Å². The summed E-state index contributed by atoms with van der Waals surface area (Å²) >= 11 is 0. The molecule has 7 heteroatoms. The Labute approximate surface area is 207 Å². The monoisotopic (exact) mass is 471 g/mol. The van der Waals surface area contributed by atoms with E-state index in [4.69, 9.17) is 4.74 Å². The van der Waals surface area contributed by atoms with E-state index in [2.05, 4.69) is 33.1 Å². The number of amides is 2. The van der Waals surface area contributed by atoms with Crippen LogP contribution in [-0.4, -0.2) is 43.1 Å². The molecule has 2 amide bonds. The standard InChI is InChI=1S/C28H33N5O2/c1-21-10-9-15-26(35-24-13-7-4-8-14-24)25(21)20-30-27(29-2)32-28(34)33-18-16-23(17-19-33)31-22-11-5-3-6-12-22/h3-15,23,31H,16-20H2,1-2H3,(H2,29,30,32,34). The number of para-hydroxylation sites is 2. The summed E-state index contributed by atoms with van der Waals surface area (Å²) in [6.07, 6.45) is 1.80. The number of ether oxygens (including phenoxy) is 1. The van der Waals surface area contributed by atoms with Gasteiger partial charge in [0.1, 0.15) is 11.5 Å². The first-order chi connectivity index (χ1) is 17.1. The summed E-state index contributed by atoms with van der Waals surface area (Å²) in [5.41, 5.74) is 3.23. The van der Waals surface area contributed by atoms with Crippen molar-refractivity contribution in [1.29, 1.82) is 0 Å². The molecule has 0 aromatic heterocycles. The molecule has 1 saturated heterocycles. The van der Waals surface area contributed by atoms with Crippen molar-refractivity contribution in [3.63, 3.8) is 0 Å². The summed E-state index contributed by atoms with van der Waals surface area (Å²) < 4.78 is 6.10. The van der Waals surface area contributed by atoms with Crippen molar-refractivity contribution in [1.82, 2.24) is 15.5 Å². The number of nitrogens with one attached hydrogen (secondary N) is 3.